The lowest BCUT2D eigenvalue weighted by Gasteiger charge is -2.28. The van der Waals surface area contributed by atoms with E-state index in [0.717, 1.165) is 44.8 Å². The number of nitrogens with zero attached hydrogens (tertiary/aromatic N) is 5. The normalized spacial score (nSPS) is 14.8. The Morgan fingerprint density at radius 3 is 2.74 bits per heavy atom. The molecule has 3 aromatic rings. The molecule has 0 unspecified atom stereocenters. The Morgan fingerprint density at radius 1 is 1.26 bits per heavy atom. The summed E-state index contributed by atoms with van der Waals surface area (Å²) >= 11 is 1.30. The smallest absolute Gasteiger partial charge is 0.264 e. The van der Waals surface area contributed by atoms with Crippen LogP contribution in [0.3, 0.4) is 0 Å². The van der Waals surface area contributed by atoms with E-state index in [9.17, 15) is 9.59 Å². The van der Waals surface area contributed by atoms with Crippen molar-refractivity contribution in [2.24, 2.45) is 7.05 Å². The Hall–Kier alpha value is -2.62. The third kappa shape index (κ3) is 4.84. The summed E-state index contributed by atoms with van der Waals surface area (Å²) in [6, 6.07) is 3.86. The highest BCUT2D eigenvalue weighted by Gasteiger charge is 2.24. The molecule has 0 N–H and O–H groups in total. The standard InChI is InChI=1S/C22H27N5O3S/c1-16-18-20(24-15-25(2)21(18)28)31-19(16)22(29)27(14-17-4-6-23-7-5-17)9-3-8-26-10-12-30-13-11-26/h4-7,15H,3,8-14H2,1-2H3. The third-order valence-electron chi connectivity index (χ3n) is 5.62. The molecule has 4 heterocycles. The zero-order valence-electron chi connectivity index (χ0n) is 17.9. The molecule has 9 heteroatoms. The Bertz CT molecular complexity index is 1110. The molecule has 8 nitrogen and oxygen atoms in total. The maximum atomic E-state index is 13.6. The van der Waals surface area contributed by atoms with Gasteiger partial charge in [-0.05, 0) is 36.6 Å². The van der Waals surface area contributed by atoms with E-state index in [1.54, 1.807) is 19.4 Å². The van der Waals surface area contributed by atoms with Crippen molar-refractivity contribution in [1.29, 1.82) is 0 Å². The average Bonchev–Trinajstić information content (AvgIpc) is 3.13. The molecule has 0 spiro atoms. The average molecular weight is 442 g/mol. The van der Waals surface area contributed by atoms with Gasteiger partial charge in [0.15, 0.2) is 0 Å². The number of rotatable bonds is 7. The highest BCUT2D eigenvalue weighted by Crippen LogP contribution is 2.28. The Morgan fingerprint density at radius 2 is 2.00 bits per heavy atom. The van der Waals surface area contributed by atoms with Crippen molar-refractivity contribution in [2.75, 3.05) is 39.4 Å². The number of hydrogen-bond acceptors (Lipinski definition) is 7. The molecule has 0 aliphatic carbocycles. The molecule has 31 heavy (non-hydrogen) atoms. The minimum absolute atomic E-state index is 0.0543. The van der Waals surface area contributed by atoms with Crippen LogP contribution in [-0.2, 0) is 18.3 Å². The lowest BCUT2D eigenvalue weighted by molar-refractivity contribution is 0.0356. The van der Waals surface area contributed by atoms with Crippen LogP contribution >= 0.6 is 11.3 Å². The van der Waals surface area contributed by atoms with Gasteiger partial charge in [0, 0.05) is 52.2 Å². The zero-order chi connectivity index (χ0) is 21.8. The third-order valence-corrected chi connectivity index (χ3v) is 6.81. The van der Waals surface area contributed by atoms with E-state index in [4.69, 9.17) is 4.74 Å². The second-order valence-electron chi connectivity index (χ2n) is 7.79. The Labute approximate surface area is 185 Å². The predicted molar refractivity (Wildman–Crippen MR) is 120 cm³/mol. The molecule has 3 aromatic heterocycles. The molecule has 164 valence electrons. The zero-order valence-corrected chi connectivity index (χ0v) is 18.7. The van der Waals surface area contributed by atoms with E-state index < -0.39 is 0 Å². The fourth-order valence-corrected chi connectivity index (χ4v) is 4.93. The highest BCUT2D eigenvalue weighted by atomic mass is 32.1. The van der Waals surface area contributed by atoms with Gasteiger partial charge in [-0.1, -0.05) is 0 Å². The number of fused-ring (bicyclic) bond motifs is 1. The molecule has 0 saturated carbocycles. The van der Waals surface area contributed by atoms with E-state index in [-0.39, 0.29) is 11.5 Å². The number of aryl methyl sites for hydroxylation is 2. The van der Waals surface area contributed by atoms with Gasteiger partial charge in [0.2, 0.25) is 0 Å². The molecule has 1 amide bonds. The number of pyridine rings is 1. The molecule has 0 bridgehead atoms. The molecule has 1 fully saturated rings. The summed E-state index contributed by atoms with van der Waals surface area (Å²) in [5.41, 5.74) is 1.62. The van der Waals surface area contributed by atoms with Crippen LogP contribution in [0.25, 0.3) is 10.2 Å². The summed E-state index contributed by atoms with van der Waals surface area (Å²) in [7, 11) is 1.68. The van der Waals surface area contributed by atoms with Crippen molar-refractivity contribution in [3.8, 4) is 0 Å². The monoisotopic (exact) mass is 441 g/mol. The number of carbonyl (C=O) groups excluding carboxylic acids is 1. The molecule has 0 atom stereocenters. The fourth-order valence-electron chi connectivity index (χ4n) is 3.83. The van der Waals surface area contributed by atoms with Crippen LogP contribution in [0, 0.1) is 6.92 Å². The highest BCUT2D eigenvalue weighted by molar-refractivity contribution is 7.20. The number of ether oxygens (including phenoxy) is 1. The molecule has 0 radical (unpaired) electrons. The van der Waals surface area contributed by atoms with Gasteiger partial charge in [-0.3, -0.25) is 19.5 Å². The minimum Gasteiger partial charge on any atom is -0.379 e. The van der Waals surface area contributed by atoms with E-state index in [1.807, 2.05) is 24.0 Å². The van der Waals surface area contributed by atoms with Crippen LogP contribution in [0.2, 0.25) is 0 Å². The van der Waals surface area contributed by atoms with Crippen LogP contribution in [0.1, 0.15) is 27.2 Å². The van der Waals surface area contributed by atoms with Gasteiger partial charge in [0.05, 0.1) is 29.8 Å². The van der Waals surface area contributed by atoms with Crippen molar-refractivity contribution in [3.63, 3.8) is 0 Å². The summed E-state index contributed by atoms with van der Waals surface area (Å²) < 4.78 is 6.87. The van der Waals surface area contributed by atoms with E-state index >= 15 is 0 Å². The lowest BCUT2D eigenvalue weighted by atomic mass is 10.1. The van der Waals surface area contributed by atoms with Gasteiger partial charge < -0.3 is 14.2 Å². The molecule has 1 aliphatic heterocycles. The molecule has 1 saturated heterocycles. The van der Waals surface area contributed by atoms with Crippen LogP contribution < -0.4 is 5.56 Å². The number of amides is 1. The fraction of sp³-hybridized carbons (Fsp3) is 0.455. The van der Waals surface area contributed by atoms with Crippen LogP contribution in [0.4, 0.5) is 0 Å². The lowest BCUT2D eigenvalue weighted by Crippen LogP contribution is -2.39. The quantitative estimate of drug-likeness (QED) is 0.558. The number of thiophene rings is 1. The summed E-state index contributed by atoms with van der Waals surface area (Å²) in [6.45, 7) is 7.31. The minimum atomic E-state index is -0.120. The maximum Gasteiger partial charge on any atom is 0.264 e. The first-order chi connectivity index (χ1) is 15.0. The van der Waals surface area contributed by atoms with Gasteiger partial charge in [-0.15, -0.1) is 11.3 Å². The van der Waals surface area contributed by atoms with Crippen LogP contribution in [0.15, 0.2) is 35.6 Å². The molecule has 0 aromatic carbocycles. The van der Waals surface area contributed by atoms with Crippen LogP contribution in [0.5, 0.6) is 0 Å². The number of carbonyl (C=O) groups is 1. The maximum absolute atomic E-state index is 13.6. The largest absolute Gasteiger partial charge is 0.379 e. The topological polar surface area (TPSA) is 80.6 Å². The number of hydrogen-bond donors (Lipinski definition) is 0. The van der Waals surface area contributed by atoms with Gasteiger partial charge in [-0.2, -0.15) is 0 Å². The molecular formula is C22H27N5O3S. The van der Waals surface area contributed by atoms with Crippen molar-refractivity contribution in [3.05, 3.63) is 57.2 Å². The van der Waals surface area contributed by atoms with E-state index in [1.165, 1.54) is 22.2 Å². The Balaban J connectivity index is 1.57. The predicted octanol–water partition coefficient (Wildman–Crippen LogP) is 2.06. The van der Waals surface area contributed by atoms with Gasteiger partial charge >= 0.3 is 0 Å². The summed E-state index contributed by atoms with van der Waals surface area (Å²) in [4.78, 5) is 40.0. The molecular weight excluding hydrogens is 414 g/mol. The van der Waals surface area contributed by atoms with Gasteiger partial charge in [-0.25, -0.2) is 4.98 Å². The van der Waals surface area contributed by atoms with Crippen molar-refractivity contribution >= 4 is 27.5 Å². The number of aromatic nitrogens is 3. The first kappa shape index (κ1) is 21.6. The van der Waals surface area contributed by atoms with Crippen molar-refractivity contribution < 1.29 is 9.53 Å². The van der Waals surface area contributed by atoms with E-state index in [2.05, 4.69) is 14.9 Å². The second-order valence-corrected chi connectivity index (χ2v) is 8.79. The Kier molecular flexibility index (Phi) is 6.74. The first-order valence-corrected chi connectivity index (χ1v) is 11.3. The van der Waals surface area contributed by atoms with Crippen molar-refractivity contribution in [1.82, 2.24) is 24.3 Å². The second kappa shape index (κ2) is 9.67. The van der Waals surface area contributed by atoms with Gasteiger partial charge in [0.1, 0.15) is 4.83 Å². The molecule has 4 rings (SSSR count). The summed E-state index contributed by atoms with van der Waals surface area (Å²) in [6.07, 6.45) is 5.86. The SMILES string of the molecule is Cc1c(C(=O)N(CCCN2CCOCC2)Cc2ccncc2)sc2ncn(C)c(=O)c12. The summed E-state index contributed by atoms with van der Waals surface area (Å²) in [5, 5.41) is 0.538. The summed E-state index contributed by atoms with van der Waals surface area (Å²) in [5.74, 6) is -0.0543. The molecule has 1 aliphatic rings. The van der Waals surface area contributed by atoms with E-state index in [0.29, 0.717) is 33.7 Å². The number of morpholine rings is 1. The van der Waals surface area contributed by atoms with Gasteiger partial charge in [0.25, 0.3) is 11.5 Å². The van der Waals surface area contributed by atoms with Crippen molar-refractivity contribution in [2.45, 2.75) is 19.9 Å². The van der Waals surface area contributed by atoms with Crippen LogP contribution in [-0.4, -0.2) is 69.6 Å². The first-order valence-electron chi connectivity index (χ1n) is 10.5.